The molecule has 3 N–H and O–H groups in total. The summed E-state index contributed by atoms with van der Waals surface area (Å²) in [6.45, 7) is 5.72. The average molecular weight is 361 g/mol. The fourth-order valence-corrected chi connectivity index (χ4v) is 3.06. The lowest BCUT2D eigenvalue weighted by molar-refractivity contribution is -0.140. The van der Waals surface area contributed by atoms with Crippen molar-refractivity contribution in [2.45, 2.75) is 33.2 Å². The molecule has 0 bridgehead atoms. The first-order valence-electron chi connectivity index (χ1n) is 8.19. The monoisotopic (exact) mass is 361 g/mol. The Balaban J connectivity index is 1.93. The van der Waals surface area contributed by atoms with Crippen LogP contribution in [0.1, 0.15) is 25.8 Å². The number of nitrogens with one attached hydrogen (secondary N) is 2. The quantitative estimate of drug-likeness (QED) is 0.672. The molecule has 0 radical (unpaired) electrons. The molecule has 2 rings (SSSR count). The van der Waals surface area contributed by atoms with E-state index in [0.717, 1.165) is 17.7 Å². The van der Waals surface area contributed by atoms with E-state index in [4.69, 9.17) is 0 Å². The lowest BCUT2D eigenvalue weighted by Crippen LogP contribution is -2.45. The zero-order valence-electron chi connectivity index (χ0n) is 14.6. The molecule has 1 aromatic carbocycles. The molecule has 2 aromatic rings. The van der Waals surface area contributed by atoms with E-state index in [-0.39, 0.29) is 18.4 Å². The number of carbonyl (C=O) groups is 2. The Bertz CT molecular complexity index is 727. The number of aryl methyl sites for hydroxylation is 1. The second-order valence-corrected chi connectivity index (χ2v) is 6.89. The van der Waals surface area contributed by atoms with Gasteiger partial charge in [0.15, 0.2) is 5.13 Å². The van der Waals surface area contributed by atoms with E-state index in [1.165, 1.54) is 16.9 Å². The third kappa shape index (κ3) is 5.37. The van der Waals surface area contributed by atoms with Gasteiger partial charge in [-0.3, -0.25) is 14.9 Å². The number of carboxylic acids is 1. The van der Waals surface area contributed by atoms with E-state index < -0.39 is 12.0 Å². The summed E-state index contributed by atoms with van der Waals surface area (Å²) in [5, 5.41) is 17.1. The van der Waals surface area contributed by atoms with Gasteiger partial charge in [-0.15, -0.1) is 11.3 Å². The summed E-state index contributed by atoms with van der Waals surface area (Å²) in [4.78, 5) is 27.7. The number of thiazole rings is 1. The summed E-state index contributed by atoms with van der Waals surface area (Å²) in [7, 11) is 0. The highest BCUT2D eigenvalue weighted by molar-refractivity contribution is 7.14. The highest BCUT2D eigenvalue weighted by atomic mass is 32.1. The maximum absolute atomic E-state index is 12.0. The summed E-state index contributed by atoms with van der Waals surface area (Å²) in [6, 6.07) is 7.26. The zero-order valence-corrected chi connectivity index (χ0v) is 15.4. The maximum Gasteiger partial charge on any atom is 0.320 e. The zero-order chi connectivity index (χ0) is 18.4. The number of nitrogens with zero attached hydrogens (tertiary/aromatic N) is 1. The van der Waals surface area contributed by atoms with E-state index in [1.54, 1.807) is 0 Å². The molecule has 25 heavy (non-hydrogen) atoms. The minimum Gasteiger partial charge on any atom is -0.480 e. The van der Waals surface area contributed by atoms with Gasteiger partial charge in [0, 0.05) is 10.9 Å². The first-order valence-corrected chi connectivity index (χ1v) is 9.07. The van der Waals surface area contributed by atoms with E-state index in [0.29, 0.717) is 5.13 Å². The number of anilines is 1. The number of rotatable bonds is 8. The van der Waals surface area contributed by atoms with E-state index in [1.807, 2.05) is 50.4 Å². The van der Waals surface area contributed by atoms with Crippen molar-refractivity contribution in [1.82, 2.24) is 10.3 Å². The number of aromatic nitrogens is 1. The van der Waals surface area contributed by atoms with Gasteiger partial charge in [0.25, 0.3) is 0 Å². The molecule has 0 aliphatic rings. The molecule has 1 amide bonds. The van der Waals surface area contributed by atoms with Gasteiger partial charge in [-0.1, -0.05) is 50.1 Å². The van der Waals surface area contributed by atoms with Crippen LogP contribution in [-0.4, -0.2) is 34.6 Å². The van der Waals surface area contributed by atoms with Crippen LogP contribution in [0.25, 0.3) is 11.3 Å². The Morgan fingerprint density at radius 3 is 2.56 bits per heavy atom. The molecule has 2 atom stereocenters. The molecule has 0 unspecified atom stereocenters. The van der Waals surface area contributed by atoms with Crippen LogP contribution in [0.3, 0.4) is 0 Å². The molecule has 0 saturated carbocycles. The Kier molecular flexibility index (Phi) is 6.66. The summed E-state index contributed by atoms with van der Waals surface area (Å²) >= 11 is 1.34. The van der Waals surface area contributed by atoms with Gasteiger partial charge in [-0.2, -0.15) is 0 Å². The number of hydrogen-bond donors (Lipinski definition) is 3. The van der Waals surface area contributed by atoms with Crippen LogP contribution in [0.15, 0.2) is 29.6 Å². The van der Waals surface area contributed by atoms with Crippen molar-refractivity contribution in [1.29, 1.82) is 0 Å². The van der Waals surface area contributed by atoms with E-state index in [2.05, 4.69) is 15.6 Å². The Morgan fingerprint density at radius 2 is 1.96 bits per heavy atom. The number of carboxylic acid groups (broad SMARTS) is 1. The summed E-state index contributed by atoms with van der Waals surface area (Å²) < 4.78 is 0. The largest absolute Gasteiger partial charge is 0.480 e. The van der Waals surface area contributed by atoms with Crippen LogP contribution < -0.4 is 10.6 Å². The third-order valence-electron chi connectivity index (χ3n) is 4.06. The fourth-order valence-electron chi connectivity index (χ4n) is 2.32. The third-order valence-corrected chi connectivity index (χ3v) is 4.82. The van der Waals surface area contributed by atoms with Crippen LogP contribution in [-0.2, 0) is 9.59 Å². The predicted molar refractivity (Wildman–Crippen MR) is 99.8 cm³/mol. The van der Waals surface area contributed by atoms with Crippen molar-refractivity contribution in [3.63, 3.8) is 0 Å². The molecule has 0 aliphatic carbocycles. The van der Waals surface area contributed by atoms with Gasteiger partial charge < -0.3 is 10.4 Å². The van der Waals surface area contributed by atoms with E-state index >= 15 is 0 Å². The van der Waals surface area contributed by atoms with Crippen LogP contribution in [0, 0.1) is 12.8 Å². The maximum atomic E-state index is 12.0. The van der Waals surface area contributed by atoms with Crippen molar-refractivity contribution in [3.05, 3.63) is 35.2 Å². The van der Waals surface area contributed by atoms with Crippen molar-refractivity contribution in [3.8, 4) is 11.3 Å². The topological polar surface area (TPSA) is 91.3 Å². The van der Waals surface area contributed by atoms with Gasteiger partial charge in [0.05, 0.1) is 12.2 Å². The highest BCUT2D eigenvalue weighted by Gasteiger charge is 2.23. The normalized spacial score (nSPS) is 13.2. The number of benzene rings is 1. The number of hydrogen-bond acceptors (Lipinski definition) is 5. The van der Waals surface area contributed by atoms with Gasteiger partial charge >= 0.3 is 5.97 Å². The van der Waals surface area contributed by atoms with Gasteiger partial charge in [0.2, 0.25) is 5.91 Å². The SMILES string of the molecule is CC[C@H](C)[C@H](NCC(=O)Nc1nc(-c2ccc(C)cc2)cs1)C(=O)O. The van der Waals surface area contributed by atoms with Gasteiger partial charge in [0.1, 0.15) is 6.04 Å². The van der Waals surface area contributed by atoms with E-state index in [9.17, 15) is 14.7 Å². The molecule has 6 nitrogen and oxygen atoms in total. The molecule has 1 aromatic heterocycles. The van der Waals surface area contributed by atoms with Crippen LogP contribution in [0.5, 0.6) is 0 Å². The second kappa shape index (κ2) is 8.73. The Hall–Kier alpha value is -2.25. The van der Waals surface area contributed by atoms with Crippen molar-refractivity contribution >= 4 is 28.3 Å². The standard InChI is InChI=1S/C18H23N3O3S/c1-4-12(3)16(17(23)24)19-9-15(22)21-18-20-14(10-25-18)13-7-5-11(2)6-8-13/h5-8,10,12,16,19H,4,9H2,1-3H3,(H,23,24)(H,20,21,22)/t12-,16-/m0/s1. The molecule has 0 saturated heterocycles. The molecule has 134 valence electrons. The highest BCUT2D eigenvalue weighted by Crippen LogP contribution is 2.25. The average Bonchev–Trinajstić information content (AvgIpc) is 3.03. The van der Waals surface area contributed by atoms with Crippen molar-refractivity contribution < 1.29 is 14.7 Å². The van der Waals surface area contributed by atoms with Crippen LogP contribution in [0.4, 0.5) is 5.13 Å². The lowest BCUT2D eigenvalue weighted by atomic mass is 9.99. The summed E-state index contributed by atoms with van der Waals surface area (Å²) in [5.41, 5.74) is 2.97. The minimum absolute atomic E-state index is 0.0571. The first kappa shape index (κ1) is 19.1. The molecule has 0 fully saturated rings. The molecule has 7 heteroatoms. The first-order chi connectivity index (χ1) is 11.9. The molecule has 0 aliphatic heterocycles. The van der Waals surface area contributed by atoms with Crippen LogP contribution in [0.2, 0.25) is 0 Å². The molecule has 1 heterocycles. The Labute approximate surface area is 151 Å². The Morgan fingerprint density at radius 1 is 1.28 bits per heavy atom. The number of amides is 1. The number of carbonyl (C=O) groups excluding carboxylic acids is 1. The van der Waals surface area contributed by atoms with Gasteiger partial charge in [-0.25, -0.2) is 4.98 Å². The smallest absolute Gasteiger partial charge is 0.320 e. The molecular weight excluding hydrogens is 338 g/mol. The van der Waals surface area contributed by atoms with Crippen molar-refractivity contribution in [2.24, 2.45) is 5.92 Å². The van der Waals surface area contributed by atoms with Crippen molar-refractivity contribution in [2.75, 3.05) is 11.9 Å². The van der Waals surface area contributed by atoms with Crippen LogP contribution >= 0.6 is 11.3 Å². The van der Waals surface area contributed by atoms with Gasteiger partial charge in [-0.05, 0) is 12.8 Å². The number of aliphatic carboxylic acids is 1. The summed E-state index contributed by atoms with van der Waals surface area (Å²) in [5.74, 6) is -1.31. The molecule has 0 spiro atoms. The lowest BCUT2D eigenvalue weighted by Gasteiger charge is -2.19. The minimum atomic E-state index is -0.946. The molecular formula is C18H23N3O3S. The predicted octanol–water partition coefficient (Wildman–Crippen LogP) is 3.15. The summed E-state index contributed by atoms with van der Waals surface area (Å²) in [6.07, 6.45) is 0.720. The fraction of sp³-hybridized carbons (Fsp3) is 0.389. The second-order valence-electron chi connectivity index (χ2n) is 6.03.